The Balaban J connectivity index is 1.63. The minimum Gasteiger partial charge on any atom is -0.331 e. The van der Waals surface area contributed by atoms with E-state index in [4.69, 9.17) is 12.2 Å². The number of aryl methyl sites for hydroxylation is 2. The third-order valence-corrected chi connectivity index (χ3v) is 4.09. The van der Waals surface area contributed by atoms with Gasteiger partial charge in [-0.3, -0.25) is 10.4 Å². The summed E-state index contributed by atoms with van der Waals surface area (Å²) in [5, 5.41) is 5.74. The van der Waals surface area contributed by atoms with Gasteiger partial charge in [-0.05, 0) is 61.5 Å². The quantitative estimate of drug-likeness (QED) is 0.824. The van der Waals surface area contributed by atoms with E-state index in [2.05, 4.69) is 58.9 Å². The van der Waals surface area contributed by atoms with Crippen LogP contribution >= 0.6 is 12.2 Å². The van der Waals surface area contributed by atoms with E-state index < -0.39 is 0 Å². The fraction of sp³-hybridized carbons (Fsp3) is 0.222. The second kappa shape index (κ2) is 6.79. The summed E-state index contributed by atoms with van der Waals surface area (Å²) in [6.45, 7) is 5.07. The molecule has 1 fully saturated rings. The Morgan fingerprint density at radius 1 is 1.13 bits per heavy atom. The van der Waals surface area contributed by atoms with Crippen LogP contribution < -0.4 is 15.8 Å². The van der Waals surface area contributed by atoms with Crippen molar-refractivity contribution in [1.82, 2.24) is 5.43 Å². The van der Waals surface area contributed by atoms with Crippen molar-refractivity contribution >= 4 is 34.5 Å². The van der Waals surface area contributed by atoms with E-state index in [1.165, 1.54) is 11.1 Å². The van der Waals surface area contributed by atoms with Crippen molar-refractivity contribution in [3.05, 3.63) is 59.7 Å². The molecule has 3 rings (SSSR count). The van der Waals surface area contributed by atoms with Crippen LogP contribution in [-0.4, -0.2) is 17.5 Å². The lowest BCUT2D eigenvalue weighted by molar-refractivity contribution is 0.858. The number of nitrogens with one attached hydrogen (secondary N) is 2. The van der Waals surface area contributed by atoms with Crippen LogP contribution in [0.15, 0.2) is 53.5 Å². The summed E-state index contributed by atoms with van der Waals surface area (Å²) in [6.07, 6.45) is 0.851. The molecule has 0 radical (unpaired) electrons. The zero-order valence-corrected chi connectivity index (χ0v) is 14.2. The Bertz CT molecular complexity index is 740. The summed E-state index contributed by atoms with van der Waals surface area (Å²) in [6, 6.07) is 16.4. The van der Waals surface area contributed by atoms with E-state index >= 15 is 0 Å². The number of para-hydroxylation sites is 1. The van der Waals surface area contributed by atoms with Crippen LogP contribution in [0.4, 0.5) is 11.4 Å². The minimum absolute atomic E-state index is 0.477. The van der Waals surface area contributed by atoms with Gasteiger partial charge >= 0.3 is 0 Å². The Morgan fingerprint density at radius 3 is 2.65 bits per heavy atom. The zero-order chi connectivity index (χ0) is 16.2. The molecule has 4 nitrogen and oxygen atoms in total. The van der Waals surface area contributed by atoms with Gasteiger partial charge in [0.15, 0.2) is 5.11 Å². The SMILES string of the molecule is Cc1ccc(NC(=S)/N=C2\CCN(c3ccccc3)N2)cc1C. The molecule has 0 aliphatic carbocycles. The standard InChI is InChI=1S/C18H20N4S/c1-13-8-9-15(12-14(13)2)19-18(23)20-17-10-11-22(21-17)16-6-4-3-5-7-16/h3-9,12H,10-11H2,1-2H3,(H2,19,20,21,23). The van der Waals surface area contributed by atoms with E-state index in [0.717, 1.165) is 30.2 Å². The van der Waals surface area contributed by atoms with Gasteiger partial charge in [-0.15, -0.1) is 0 Å². The van der Waals surface area contributed by atoms with Crippen LogP contribution in [-0.2, 0) is 0 Å². The third-order valence-electron chi connectivity index (χ3n) is 3.90. The zero-order valence-electron chi connectivity index (χ0n) is 13.3. The maximum absolute atomic E-state index is 5.35. The first kappa shape index (κ1) is 15.5. The van der Waals surface area contributed by atoms with Gasteiger partial charge in [0, 0.05) is 18.7 Å². The number of amidine groups is 1. The second-order valence-corrected chi connectivity index (χ2v) is 6.02. The monoisotopic (exact) mass is 324 g/mol. The summed E-state index contributed by atoms with van der Waals surface area (Å²) >= 11 is 5.35. The molecule has 0 spiro atoms. The average molecular weight is 324 g/mol. The van der Waals surface area contributed by atoms with Crippen LogP contribution in [0.3, 0.4) is 0 Å². The van der Waals surface area contributed by atoms with Gasteiger partial charge in [-0.1, -0.05) is 24.3 Å². The number of anilines is 2. The van der Waals surface area contributed by atoms with Crippen LogP contribution in [0.25, 0.3) is 0 Å². The average Bonchev–Trinajstić information content (AvgIpc) is 3.00. The topological polar surface area (TPSA) is 39.7 Å². The Morgan fingerprint density at radius 2 is 1.91 bits per heavy atom. The smallest absolute Gasteiger partial charge is 0.198 e. The number of hydrogen-bond acceptors (Lipinski definition) is 2. The third kappa shape index (κ3) is 3.87. The molecule has 0 saturated carbocycles. The van der Waals surface area contributed by atoms with Crippen LogP contribution in [0.2, 0.25) is 0 Å². The first-order chi connectivity index (χ1) is 11.1. The van der Waals surface area contributed by atoms with E-state index in [-0.39, 0.29) is 0 Å². The van der Waals surface area contributed by atoms with E-state index in [1.54, 1.807) is 0 Å². The molecule has 5 heteroatoms. The molecule has 0 aromatic heterocycles. The molecule has 1 saturated heterocycles. The summed E-state index contributed by atoms with van der Waals surface area (Å²) in [5.74, 6) is 0.884. The molecule has 23 heavy (non-hydrogen) atoms. The molecule has 1 heterocycles. The lowest BCUT2D eigenvalue weighted by Gasteiger charge is -2.17. The largest absolute Gasteiger partial charge is 0.331 e. The van der Waals surface area contributed by atoms with Crippen molar-refractivity contribution in [2.45, 2.75) is 20.3 Å². The number of benzene rings is 2. The Labute approximate surface area is 142 Å². The van der Waals surface area contributed by atoms with Crippen molar-refractivity contribution in [3.63, 3.8) is 0 Å². The highest BCUT2D eigenvalue weighted by Crippen LogP contribution is 2.16. The van der Waals surface area contributed by atoms with Crippen molar-refractivity contribution in [1.29, 1.82) is 0 Å². The van der Waals surface area contributed by atoms with Gasteiger partial charge in [-0.25, -0.2) is 4.99 Å². The predicted octanol–water partition coefficient (Wildman–Crippen LogP) is 3.81. The van der Waals surface area contributed by atoms with Gasteiger partial charge in [0.2, 0.25) is 0 Å². The Kier molecular flexibility index (Phi) is 4.57. The first-order valence-corrected chi connectivity index (χ1v) is 8.08. The molecule has 0 bridgehead atoms. The normalized spacial score (nSPS) is 15.6. The Hall–Kier alpha value is -2.40. The maximum atomic E-state index is 5.35. The van der Waals surface area contributed by atoms with Crippen molar-refractivity contribution in [2.24, 2.45) is 4.99 Å². The van der Waals surface area contributed by atoms with Crippen LogP contribution in [0.1, 0.15) is 17.5 Å². The molecule has 0 amide bonds. The molecule has 1 aliphatic heterocycles. The molecule has 0 unspecified atom stereocenters. The molecule has 1 aliphatic rings. The molecular weight excluding hydrogens is 304 g/mol. The first-order valence-electron chi connectivity index (χ1n) is 7.67. The number of thiocarbonyl (C=S) groups is 1. The van der Waals surface area contributed by atoms with Gasteiger partial charge < -0.3 is 5.32 Å². The van der Waals surface area contributed by atoms with Gasteiger partial charge in [0.1, 0.15) is 5.84 Å². The predicted molar refractivity (Wildman–Crippen MR) is 101 cm³/mol. The molecule has 118 valence electrons. The lowest BCUT2D eigenvalue weighted by Crippen LogP contribution is -2.33. The summed E-state index contributed by atoms with van der Waals surface area (Å²) < 4.78 is 0. The number of hydrazine groups is 1. The van der Waals surface area contributed by atoms with E-state index in [0.29, 0.717) is 5.11 Å². The highest BCUT2D eigenvalue weighted by Gasteiger charge is 2.17. The van der Waals surface area contributed by atoms with Gasteiger partial charge in [0.25, 0.3) is 0 Å². The molecule has 0 atom stereocenters. The van der Waals surface area contributed by atoms with Crippen molar-refractivity contribution < 1.29 is 0 Å². The molecular formula is C18H20N4S. The summed E-state index contributed by atoms with van der Waals surface area (Å²) in [5.41, 5.74) is 7.91. The number of rotatable bonds is 2. The van der Waals surface area contributed by atoms with Crippen LogP contribution in [0.5, 0.6) is 0 Å². The fourth-order valence-electron chi connectivity index (χ4n) is 2.46. The number of nitrogens with zero attached hydrogens (tertiary/aromatic N) is 2. The summed E-state index contributed by atoms with van der Waals surface area (Å²) in [4.78, 5) is 4.48. The molecule has 2 aromatic carbocycles. The van der Waals surface area contributed by atoms with Crippen molar-refractivity contribution in [3.8, 4) is 0 Å². The number of aliphatic imine (C=N–C) groups is 1. The maximum Gasteiger partial charge on any atom is 0.198 e. The van der Waals surface area contributed by atoms with E-state index in [1.807, 2.05) is 24.3 Å². The van der Waals surface area contributed by atoms with Gasteiger partial charge in [-0.2, -0.15) is 0 Å². The minimum atomic E-state index is 0.477. The fourth-order valence-corrected chi connectivity index (χ4v) is 2.69. The highest BCUT2D eigenvalue weighted by atomic mass is 32.1. The number of hydrogen-bond donors (Lipinski definition) is 2. The molecule has 2 N–H and O–H groups in total. The van der Waals surface area contributed by atoms with Crippen LogP contribution in [0, 0.1) is 13.8 Å². The molecule has 2 aromatic rings. The highest BCUT2D eigenvalue weighted by molar-refractivity contribution is 7.80. The van der Waals surface area contributed by atoms with E-state index in [9.17, 15) is 0 Å². The lowest BCUT2D eigenvalue weighted by atomic mass is 10.1. The second-order valence-electron chi connectivity index (χ2n) is 5.64. The van der Waals surface area contributed by atoms with Gasteiger partial charge in [0.05, 0.1) is 5.69 Å². The summed E-state index contributed by atoms with van der Waals surface area (Å²) in [7, 11) is 0. The van der Waals surface area contributed by atoms with Crippen molar-refractivity contribution in [2.75, 3.05) is 16.9 Å².